The molecule has 1 aromatic heterocycles. The Morgan fingerprint density at radius 1 is 1.43 bits per heavy atom. The van der Waals surface area contributed by atoms with Gasteiger partial charge in [0.15, 0.2) is 5.78 Å². The van der Waals surface area contributed by atoms with Crippen LogP contribution in [0, 0.1) is 0 Å². The minimum atomic E-state index is -1.60. The highest BCUT2D eigenvalue weighted by atomic mass is 16.4. The molecule has 2 rings (SSSR count). The molecule has 0 aromatic carbocycles. The minimum Gasteiger partial charge on any atom is -0.422 e. The second kappa shape index (κ2) is 3.55. The van der Waals surface area contributed by atoms with Crippen LogP contribution in [-0.4, -0.2) is 32.7 Å². The van der Waals surface area contributed by atoms with Crippen LogP contribution in [0.25, 0.3) is 0 Å². The smallest absolute Gasteiger partial charge is 0.422 e. The van der Waals surface area contributed by atoms with Crippen molar-refractivity contribution in [3.8, 4) is 0 Å². The van der Waals surface area contributed by atoms with Crippen LogP contribution in [0.3, 0.4) is 0 Å². The molecule has 0 atom stereocenters. The number of carbonyl (C=O) groups is 1. The molecule has 0 radical (unpaired) electrons. The molecular formula is C8H11BN2O3. The van der Waals surface area contributed by atoms with E-state index in [9.17, 15) is 4.79 Å². The van der Waals surface area contributed by atoms with Crippen molar-refractivity contribution >= 4 is 18.5 Å². The van der Waals surface area contributed by atoms with Crippen LogP contribution in [0.4, 0.5) is 0 Å². The zero-order valence-corrected chi connectivity index (χ0v) is 7.68. The van der Waals surface area contributed by atoms with Crippen LogP contribution in [0.2, 0.25) is 0 Å². The average molecular weight is 194 g/mol. The van der Waals surface area contributed by atoms with Crippen LogP contribution in [0.15, 0.2) is 6.07 Å². The van der Waals surface area contributed by atoms with E-state index in [1.165, 1.54) is 6.07 Å². The highest BCUT2D eigenvalue weighted by Crippen LogP contribution is 2.12. The lowest BCUT2D eigenvalue weighted by atomic mass is 9.86. The summed E-state index contributed by atoms with van der Waals surface area (Å²) < 4.78 is 1.56. The highest BCUT2D eigenvalue weighted by Gasteiger charge is 2.22. The van der Waals surface area contributed by atoms with Gasteiger partial charge in [0.05, 0.1) is 5.59 Å². The van der Waals surface area contributed by atoms with Gasteiger partial charge < -0.3 is 10.0 Å². The first-order valence-electron chi connectivity index (χ1n) is 4.65. The topological polar surface area (TPSA) is 75.4 Å². The van der Waals surface area contributed by atoms with Gasteiger partial charge in [0, 0.05) is 13.0 Å². The summed E-state index contributed by atoms with van der Waals surface area (Å²) in [5.41, 5.74) is 0.640. The Kier molecular flexibility index (Phi) is 2.39. The number of nitrogens with zero attached hydrogens (tertiary/aromatic N) is 2. The number of hydrogen-bond acceptors (Lipinski definition) is 4. The standard InChI is InChI=1S/C8H11BN2O3/c12-7-3-1-2-4-11-6(7)5-8(10-11)9(13)14/h5,13-14H,1-4H2. The first-order chi connectivity index (χ1) is 6.68. The van der Waals surface area contributed by atoms with Gasteiger partial charge >= 0.3 is 7.12 Å². The van der Waals surface area contributed by atoms with E-state index in [-0.39, 0.29) is 11.4 Å². The van der Waals surface area contributed by atoms with Gasteiger partial charge in [-0.2, -0.15) is 5.10 Å². The molecule has 0 spiro atoms. The lowest BCUT2D eigenvalue weighted by Gasteiger charge is -1.98. The van der Waals surface area contributed by atoms with Crippen molar-refractivity contribution in [3.63, 3.8) is 0 Å². The maximum Gasteiger partial charge on any atom is 0.510 e. The number of hydrogen-bond donors (Lipinski definition) is 2. The lowest BCUT2D eigenvalue weighted by molar-refractivity contribution is 0.0976. The maximum absolute atomic E-state index is 11.5. The van der Waals surface area contributed by atoms with E-state index in [0.717, 1.165) is 12.8 Å². The van der Waals surface area contributed by atoms with Gasteiger partial charge in [-0.05, 0) is 18.9 Å². The molecule has 0 amide bonds. The molecule has 2 heterocycles. The predicted octanol–water partition coefficient (Wildman–Crippen LogP) is -1.07. The monoisotopic (exact) mass is 194 g/mol. The van der Waals surface area contributed by atoms with Gasteiger partial charge in [-0.15, -0.1) is 0 Å². The van der Waals surface area contributed by atoms with Crippen molar-refractivity contribution in [2.75, 3.05) is 0 Å². The van der Waals surface area contributed by atoms with Crippen LogP contribution < -0.4 is 5.59 Å². The number of fused-ring (bicyclic) bond motifs is 1. The number of aromatic nitrogens is 2. The van der Waals surface area contributed by atoms with E-state index in [0.29, 0.717) is 18.7 Å². The third kappa shape index (κ3) is 1.58. The van der Waals surface area contributed by atoms with Gasteiger partial charge in [-0.25, -0.2) is 0 Å². The largest absolute Gasteiger partial charge is 0.510 e. The fourth-order valence-electron chi connectivity index (χ4n) is 1.63. The molecule has 5 nitrogen and oxygen atoms in total. The summed E-state index contributed by atoms with van der Waals surface area (Å²) in [5, 5.41) is 21.8. The quantitative estimate of drug-likeness (QED) is 0.558. The number of carbonyl (C=O) groups excluding carboxylic acids is 1. The summed E-state index contributed by atoms with van der Waals surface area (Å²) in [7, 11) is -1.60. The Morgan fingerprint density at radius 3 is 2.93 bits per heavy atom. The van der Waals surface area contributed by atoms with Crippen molar-refractivity contribution in [1.82, 2.24) is 9.78 Å². The molecule has 1 aliphatic heterocycles. The van der Waals surface area contributed by atoms with E-state index < -0.39 is 7.12 Å². The van der Waals surface area contributed by atoms with Crippen molar-refractivity contribution in [1.29, 1.82) is 0 Å². The zero-order chi connectivity index (χ0) is 10.1. The Hall–Kier alpha value is -1.14. The number of ketones is 1. The summed E-state index contributed by atoms with van der Waals surface area (Å²) in [4.78, 5) is 11.5. The van der Waals surface area contributed by atoms with Crippen LogP contribution in [0.1, 0.15) is 29.8 Å². The summed E-state index contributed by atoms with van der Waals surface area (Å²) in [6.45, 7) is 0.674. The number of aryl methyl sites for hydroxylation is 1. The number of Topliss-reactive ketones (excluding diaryl/α,β-unsaturated/α-hetero) is 1. The minimum absolute atomic E-state index is 0.0295. The molecule has 0 saturated heterocycles. The molecule has 0 bridgehead atoms. The molecular weight excluding hydrogens is 183 g/mol. The van der Waals surface area contributed by atoms with E-state index in [1.54, 1.807) is 4.68 Å². The van der Waals surface area contributed by atoms with E-state index >= 15 is 0 Å². The van der Waals surface area contributed by atoms with Gasteiger partial charge in [0.2, 0.25) is 0 Å². The second-order valence-electron chi connectivity index (χ2n) is 3.43. The maximum atomic E-state index is 11.5. The van der Waals surface area contributed by atoms with E-state index in [4.69, 9.17) is 10.0 Å². The van der Waals surface area contributed by atoms with Crippen molar-refractivity contribution in [3.05, 3.63) is 11.8 Å². The molecule has 0 saturated carbocycles. The third-order valence-electron chi connectivity index (χ3n) is 2.37. The van der Waals surface area contributed by atoms with Crippen LogP contribution in [-0.2, 0) is 6.54 Å². The van der Waals surface area contributed by atoms with Crippen LogP contribution >= 0.6 is 0 Å². The first kappa shape index (κ1) is 9.42. The van der Waals surface area contributed by atoms with Gasteiger partial charge in [-0.1, -0.05) is 0 Å². The van der Waals surface area contributed by atoms with Crippen molar-refractivity contribution in [2.24, 2.45) is 0 Å². The molecule has 0 fully saturated rings. The summed E-state index contributed by atoms with van der Waals surface area (Å²) in [6.07, 6.45) is 2.30. The lowest BCUT2D eigenvalue weighted by Crippen LogP contribution is -2.31. The van der Waals surface area contributed by atoms with Gasteiger partial charge in [0.25, 0.3) is 0 Å². The molecule has 0 unspecified atom stereocenters. The Morgan fingerprint density at radius 2 is 2.21 bits per heavy atom. The first-order valence-corrected chi connectivity index (χ1v) is 4.65. The third-order valence-corrected chi connectivity index (χ3v) is 2.37. The Bertz CT molecular complexity index is 361. The highest BCUT2D eigenvalue weighted by molar-refractivity contribution is 6.57. The van der Waals surface area contributed by atoms with Crippen LogP contribution in [0.5, 0.6) is 0 Å². The predicted molar refractivity (Wildman–Crippen MR) is 50.2 cm³/mol. The molecule has 0 aliphatic carbocycles. The van der Waals surface area contributed by atoms with Crippen molar-refractivity contribution in [2.45, 2.75) is 25.8 Å². The van der Waals surface area contributed by atoms with Crippen molar-refractivity contribution < 1.29 is 14.8 Å². The second-order valence-corrected chi connectivity index (χ2v) is 3.43. The van der Waals surface area contributed by atoms with Gasteiger partial charge in [-0.3, -0.25) is 9.48 Å². The molecule has 1 aromatic rings. The molecule has 1 aliphatic rings. The Labute approximate surface area is 81.5 Å². The fraction of sp³-hybridized carbons (Fsp3) is 0.500. The normalized spacial score (nSPS) is 16.3. The Balaban J connectivity index is 2.39. The molecule has 6 heteroatoms. The van der Waals surface area contributed by atoms with Gasteiger partial charge in [0.1, 0.15) is 5.69 Å². The van der Waals surface area contributed by atoms with E-state index in [1.807, 2.05) is 0 Å². The SMILES string of the molecule is O=C1CCCCn2nc(B(O)O)cc21. The molecule has 74 valence electrons. The summed E-state index contributed by atoms with van der Waals surface area (Å²) in [5.74, 6) is 0.0295. The summed E-state index contributed by atoms with van der Waals surface area (Å²) in [6, 6.07) is 1.46. The fourth-order valence-corrected chi connectivity index (χ4v) is 1.63. The molecule has 14 heavy (non-hydrogen) atoms. The number of rotatable bonds is 1. The summed E-state index contributed by atoms with van der Waals surface area (Å²) >= 11 is 0. The van der Waals surface area contributed by atoms with E-state index in [2.05, 4.69) is 5.10 Å². The molecule has 2 N–H and O–H groups in total. The zero-order valence-electron chi connectivity index (χ0n) is 7.68. The average Bonchev–Trinajstić information content (AvgIpc) is 2.49.